The van der Waals surface area contributed by atoms with Crippen molar-refractivity contribution in [3.63, 3.8) is 0 Å². The molecule has 0 aromatic heterocycles. The lowest BCUT2D eigenvalue weighted by atomic mass is 10.0. The van der Waals surface area contributed by atoms with Gasteiger partial charge >= 0.3 is 0 Å². The minimum Gasteiger partial charge on any atom is -0.495 e. The van der Waals surface area contributed by atoms with E-state index in [9.17, 15) is 4.79 Å². The quantitative estimate of drug-likeness (QED) is 0.156. The van der Waals surface area contributed by atoms with Gasteiger partial charge in [0.25, 0.3) is 5.91 Å². The van der Waals surface area contributed by atoms with Crippen molar-refractivity contribution in [1.82, 2.24) is 0 Å². The number of ether oxygens (including phenoxy) is 2. The predicted octanol–water partition coefficient (Wildman–Crippen LogP) is 8.39. The molecule has 5 nitrogen and oxygen atoms in total. The molecule has 35 heavy (non-hydrogen) atoms. The summed E-state index contributed by atoms with van der Waals surface area (Å²) in [6, 6.07) is 12.4. The first kappa shape index (κ1) is 28.5. The van der Waals surface area contributed by atoms with Gasteiger partial charge in [0.2, 0.25) is 0 Å². The van der Waals surface area contributed by atoms with Crippen LogP contribution in [-0.2, 0) is 0 Å². The third-order valence-electron chi connectivity index (χ3n) is 6.37. The van der Waals surface area contributed by atoms with Crippen LogP contribution in [0.3, 0.4) is 0 Å². The molecule has 0 bridgehead atoms. The van der Waals surface area contributed by atoms with E-state index in [1.807, 2.05) is 12.1 Å². The van der Waals surface area contributed by atoms with Crippen LogP contribution < -0.4 is 20.5 Å². The van der Waals surface area contributed by atoms with Gasteiger partial charge in [0.1, 0.15) is 11.5 Å². The molecule has 0 saturated heterocycles. The molecular weight excluding hydrogens is 436 g/mol. The fourth-order valence-electron chi connectivity index (χ4n) is 4.20. The van der Waals surface area contributed by atoms with Gasteiger partial charge in [0.15, 0.2) is 0 Å². The van der Waals surface area contributed by atoms with Crippen LogP contribution in [0.4, 0.5) is 11.4 Å². The number of hydrogen-bond acceptors (Lipinski definition) is 4. The van der Waals surface area contributed by atoms with Crippen LogP contribution in [0.2, 0.25) is 0 Å². The van der Waals surface area contributed by atoms with Crippen LogP contribution in [0, 0.1) is 0 Å². The summed E-state index contributed by atoms with van der Waals surface area (Å²) in [5.74, 6) is 1.20. The smallest absolute Gasteiger partial charge is 0.255 e. The van der Waals surface area contributed by atoms with Crippen molar-refractivity contribution in [1.29, 1.82) is 0 Å². The topological polar surface area (TPSA) is 73.6 Å². The van der Waals surface area contributed by atoms with E-state index in [0.717, 1.165) is 12.2 Å². The Hall–Kier alpha value is -2.69. The SMILES string of the molecule is CCCCCCCCCCCCCCCCOc1ccc(C(=O)Nc2ccc(OC)c(N)c2)cc1. The molecule has 5 heteroatoms. The Labute approximate surface area is 212 Å². The molecule has 1 amide bonds. The summed E-state index contributed by atoms with van der Waals surface area (Å²) in [6.45, 7) is 2.99. The highest BCUT2D eigenvalue weighted by atomic mass is 16.5. The largest absolute Gasteiger partial charge is 0.495 e. The highest BCUT2D eigenvalue weighted by Gasteiger charge is 2.08. The van der Waals surface area contributed by atoms with Gasteiger partial charge in [0, 0.05) is 11.3 Å². The summed E-state index contributed by atoms with van der Waals surface area (Å²) < 4.78 is 11.0. The Kier molecular flexibility index (Phi) is 14.4. The van der Waals surface area contributed by atoms with Gasteiger partial charge in [-0.05, 0) is 48.9 Å². The lowest BCUT2D eigenvalue weighted by Gasteiger charge is -2.10. The third-order valence-corrected chi connectivity index (χ3v) is 6.37. The Bertz CT molecular complexity index is 836. The summed E-state index contributed by atoms with van der Waals surface area (Å²) in [5.41, 5.74) is 7.59. The van der Waals surface area contributed by atoms with E-state index in [-0.39, 0.29) is 5.91 Å². The zero-order valence-electron chi connectivity index (χ0n) is 22.0. The minimum atomic E-state index is -0.187. The molecule has 0 heterocycles. The molecule has 0 aliphatic heterocycles. The second-order valence-electron chi connectivity index (χ2n) is 9.38. The highest BCUT2D eigenvalue weighted by Crippen LogP contribution is 2.25. The summed E-state index contributed by atoms with van der Waals surface area (Å²) in [7, 11) is 1.56. The van der Waals surface area contributed by atoms with Crippen molar-refractivity contribution in [2.24, 2.45) is 0 Å². The first-order chi connectivity index (χ1) is 17.1. The summed E-state index contributed by atoms with van der Waals surface area (Å²) in [5, 5.41) is 2.85. The molecule has 194 valence electrons. The van der Waals surface area contributed by atoms with Crippen LogP contribution in [0.15, 0.2) is 42.5 Å². The average Bonchev–Trinajstić information content (AvgIpc) is 2.87. The number of methoxy groups -OCH3 is 1. The van der Waals surface area contributed by atoms with Crippen molar-refractivity contribution in [3.05, 3.63) is 48.0 Å². The number of nitrogens with one attached hydrogen (secondary N) is 1. The van der Waals surface area contributed by atoms with Gasteiger partial charge in [-0.15, -0.1) is 0 Å². The maximum Gasteiger partial charge on any atom is 0.255 e. The molecule has 0 fully saturated rings. The Morgan fingerprint density at radius 1 is 0.771 bits per heavy atom. The average molecular weight is 483 g/mol. The molecule has 0 radical (unpaired) electrons. The molecule has 0 spiro atoms. The molecule has 3 N–H and O–H groups in total. The van der Waals surface area contributed by atoms with Crippen LogP contribution in [0.25, 0.3) is 0 Å². The molecule has 2 rings (SSSR count). The van der Waals surface area contributed by atoms with E-state index in [0.29, 0.717) is 29.3 Å². The van der Waals surface area contributed by atoms with E-state index in [1.54, 1.807) is 37.4 Å². The van der Waals surface area contributed by atoms with Crippen LogP contribution >= 0.6 is 0 Å². The first-order valence-corrected chi connectivity index (χ1v) is 13.6. The standard InChI is InChI=1S/C30H46N2O3/c1-3-4-5-6-7-8-9-10-11-12-13-14-15-16-23-35-27-20-17-25(18-21-27)30(33)32-26-19-22-29(34-2)28(31)24-26/h17-22,24H,3-16,23,31H2,1-2H3,(H,32,33). The number of nitrogens with two attached hydrogens (primary N) is 1. The predicted molar refractivity (Wildman–Crippen MR) is 148 cm³/mol. The number of benzene rings is 2. The molecule has 0 saturated carbocycles. The van der Waals surface area contributed by atoms with Gasteiger partial charge in [-0.25, -0.2) is 0 Å². The van der Waals surface area contributed by atoms with Gasteiger partial charge in [-0.1, -0.05) is 90.4 Å². The fourth-order valence-corrected chi connectivity index (χ4v) is 4.20. The number of anilines is 2. The number of carbonyl (C=O) groups is 1. The van der Waals surface area contributed by atoms with Crippen molar-refractivity contribution in [3.8, 4) is 11.5 Å². The van der Waals surface area contributed by atoms with Crippen LogP contribution in [-0.4, -0.2) is 19.6 Å². The highest BCUT2D eigenvalue weighted by molar-refractivity contribution is 6.04. The van der Waals surface area contributed by atoms with Crippen LogP contribution in [0.1, 0.15) is 107 Å². The number of rotatable bonds is 19. The van der Waals surface area contributed by atoms with E-state index in [1.165, 1.54) is 83.5 Å². The Balaban J connectivity index is 1.50. The van der Waals surface area contributed by atoms with Crippen molar-refractivity contribution >= 4 is 17.3 Å². The number of hydrogen-bond donors (Lipinski definition) is 2. The monoisotopic (exact) mass is 482 g/mol. The zero-order chi connectivity index (χ0) is 25.1. The fraction of sp³-hybridized carbons (Fsp3) is 0.567. The Morgan fingerprint density at radius 3 is 1.83 bits per heavy atom. The van der Waals surface area contributed by atoms with E-state index in [2.05, 4.69) is 12.2 Å². The van der Waals surface area contributed by atoms with Crippen LogP contribution in [0.5, 0.6) is 11.5 Å². The molecule has 0 unspecified atom stereocenters. The maximum absolute atomic E-state index is 12.5. The maximum atomic E-state index is 12.5. The zero-order valence-corrected chi connectivity index (χ0v) is 22.0. The molecule has 0 aliphatic carbocycles. The molecule has 0 aliphatic rings. The lowest BCUT2D eigenvalue weighted by molar-refractivity contribution is 0.102. The van der Waals surface area contributed by atoms with E-state index < -0.39 is 0 Å². The lowest BCUT2D eigenvalue weighted by Crippen LogP contribution is -2.12. The van der Waals surface area contributed by atoms with E-state index in [4.69, 9.17) is 15.2 Å². The molecule has 0 atom stereocenters. The van der Waals surface area contributed by atoms with Crippen molar-refractivity contribution in [2.75, 3.05) is 24.8 Å². The normalized spacial score (nSPS) is 10.8. The Morgan fingerprint density at radius 2 is 1.31 bits per heavy atom. The number of amides is 1. The van der Waals surface area contributed by atoms with Crippen molar-refractivity contribution in [2.45, 2.75) is 96.8 Å². The second-order valence-corrected chi connectivity index (χ2v) is 9.38. The number of unbranched alkanes of at least 4 members (excludes halogenated alkanes) is 13. The summed E-state index contributed by atoms with van der Waals surface area (Å²) in [6.07, 6.45) is 18.9. The molecule has 2 aromatic carbocycles. The van der Waals surface area contributed by atoms with E-state index >= 15 is 0 Å². The molecule has 2 aromatic rings. The first-order valence-electron chi connectivity index (χ1n) is 13.6. The third kappa shape index (κ3) is 12.0. The van der Waals surface area contributed by atoms with Crippen molar-refractivity contribution < 1.29 is 14.3 Å². The second kappa shape index (κ2) is 17.7. The van der Waals surface area contributed by atoms with Gasteiger partial charge in [0.05, 0.1) is 19.4 Å². The minimum absolute atomic E-state index is 0.187. The number of carbonyl (C=O) groups excluding carboxylic acids is 1. The summed E-state index contributed by atoms with van der Waals surface area (Å²) >= 11 is 0. The van der Waals surface area contributed by atoms with Gasteiger partial charge < -0.3 is 20.5 Å². The summed E-state index contributed by atoms with van der Waals surface area (Å²) in [4.78, 5) is 12.5. The molecular formula is C30H46N2O3. The van der Waals surface area contributed by atoms with Gasteiger partial charge in [-0.2, -0.15) is 0 Å². The number of nitrogen functional groups attached to an aromatic ring is 1. The van der Waals surface area contributed by atoms with Gasteiger partial charge in [-0.3, -0.25) is 4.79 Å².